The molecular formula is C12H17O2. The van der Waals surface area contributed by atoms with Crippen LogP contribution in [0, 0.1) is 6.42 Å². The fourth-order valence-electron chi connectivity index (χ4n) is 1.33. The third kappa shape index (κ3) is 2.19. The van der Waals surface area contributed by atoms with Gasteiger partial charge in [0, 0.05) is 0 Å². The standard InChI is InChI=1S/C12H17O2/c1-5-9(2)10-6-7-11(13-3)12(8-10)14-4/h5-9H,1-4H3. The summed E-state index contributed by atoms with van der Waals surface area (Å²) in [5.74, 6) is 2.01. The predicted octanol–water partition coefficient (Wildman–Crippen LogP) is 3.03. The second-order valence-electron chi connectivity index (χ2n) is 3.24. The van der Waals surface area contributed by atoms with Crippen LogP contribution in [0.2, 0.25) is 0 Å². The third-order valence-electron chi connectivity index (χ3n) is 2.43. The van der Waals surface area contributed by atoms with Crippen molar-refractivity contribution in [2.75, 3.05) is 14.2 Å². The topological polar surface area (TPSA) is 18.5 Å². The molecule has 1 atom stereocenters. The first-order chi connectivity index (χ1) is 6.72. The van der Waals surface area contributed by atoms with Crippen molar-refractivity contribution in [2.45, 2.75) is 19.8 Å². The van der Waals surface area contributed by atoms with E-state index in [4.69, 9.17) is 9.47 Å². The number of hydrogen-bond acceptors (Lipinski definition) is 2. The minimum Gasteiger partial charge on any atom is -0.493 e. The van der Waals surface area contributed by atoms with E-state index in [1.807, 2.05) is 12.1 Å². The fraction of sp³-hybridized carbons (Fsp3) is 0.417. The molecule has 0 aliphatic rings. The molecule has 1 unspecified atom stereocenters. The van der Waals surface area contributed by atoms with Crippen molar-refractivity contribution < 1.29 is 9.47 Å². The highest BCUT2D eigenvalue weighted by molar-refractivity contribution is 5.44. The van der Waals surface area contributed by atoms with Crippen molar-refractivity contribution in [1.29, 1.82) is 0 Å². The highest BCUT2D eigenvalue weighted by Gasteiger charge is 2.08. The normalized spacial score (nSPS) is 12.3. The summed E-state index contributed by atoms with van der Waals surface area (Å²) in [5, 5.41) is 0. The lowest BCUT2D eigenvalue weighted by Gasteiger charge is -2.12. The van der Waals surface area contributed by atoms with Crippen molar-refractivity contribution in [1.82, 2.24) is 0 Å². The van der Waals surface area contributed by atoms with Crippen LogP contribution in [-0.2, 0) is 0 Å². The summed E-state index contributed by atoms with van der Waals surface area (Å²) in [5.41, 5.74) is 1.24. The second-order valence-corrected chi connectivity index (χ2v) is 3.24. The van der Waals surface area contributed by atoms with Gasteiger partial charge in [-0.05, 0) is 30.0 Å². The van der Waals surface area contributed by atoms with Crippen molar-refractivity contribution in [3.05, 3.63) is 30.2 Å². The Bertz CT molecular complexity index is 294. The predicted molar refractivity (Wildman–Crippen MR) is 57.9 cm³/mol. The molecule has 0 aromatic heterocycles. The van der Waals surface area contributed by atoms with Gasteiger partial charge in [-0.25, -0.2) is 0 Å². The second kappa shape index (κ2) is 4.89. The molecule has 14 heavy (non-hydrogen) atoms. The maximum absolute atomic E-state index is 5.23. The van der Waals surface area contributed by atoms with Crippen LogP contribution in [-0.4, -0.2) is 14.2 Å². The lowest BCUT2D eigenvalue weighted by Crippen LogP contribution is -1.95. The monoisotopic (exact) mass is 193 g/mol. The average Bonchev–Trinajstić information content (AvgIpc) is 2.26. The van der Waals surface area contributed by atoms with E-state index in [0.717, 1.165) is 11.5 Å². The maximum Gasteiger partial charge on any atom is 0.160 e. The minimum atomic E-state index is 0.440. The number of hydrogen-bond donors (Lipinski definition) is 0. The Hall–Kier alpha value is -1.18. The van der Waals surface area contributed by atoms with Crippen LogP contribution >= 0.6 is 0 Å². The van der Waals surface area contributed by atoms with Gasteiger partial charge in [0.15, 0.2) is 11.5 Å². The molecule has 0 aliphatic carbocycles. The summed E-state index contributed by atoms with van der Waals surface area (Å²) in [7, 11) is 3.30. The molecule has 0 saturated carbocycles. The molecule has 1 rings (SSSR count). The Balaban J connectivity index is 3.01. The van der Waals surface area contributed by atoms with Gasteiger partial charge in [0.05, 0.1) is 14.2 Å². The van der Waals surface area contributed by atoms with E-state index in [0.29, 0.717) is 5.92 Å². The minimum absolute atomic E-state index is 0.440. The van der Waals surface area contributed by atoms with Crippen LogP contribution in [0.3, 0.4) is 0 Å². The van der Waals surface area contributed by atoms with E-state index in [-0.39, 0.29) is 0 Å². The molecule has 1 aromatic carbocycles. The van der Waals surface area contributed by atoms with Gasteiger partial charge in [-0.2, -0.15) is 0 Å². The first kappa shape index (κ1) is 10.9. The molecule has 0 heterocycles. The molecule has 77 valence electrons. The Morgan fingerprint density at radius 1 is 1.14 bits per heavy atom. The van der Waals surface area contributed by atoms with E-state index >= 15 is 0 Å². The van der Waals surface area contributed by atoms with Gasteiger partial charge < -0.3 is 9.47 Å². The smallest absolute Gasteiger partial charge is 0.160 e. The summed E-state index contributed by atoms with van der Waals surface area (Å²) in [6, 6.07) is 6.02. The molecule has 0 bridgehead atoms. The zero-order valence-corrected chi connectivity index (χ0v) is 9.20. The highest BCUT2D eigenvalue weighted by atomic mass is 16.5. The number of ether oxygens (including phenoxy) is 2. The quantitative estimate of drug-likeness (QED) is 0.731. The van der Waals surface area contributed by atoms with Gasteiger partial charge in [-0.15, -0.1) is 0 Å². The molecule has 1 radical (unpaired) electrons. The van der Waals surface area contributed by atoms with Gasteiger partial charge in [-0.1, -0.05) is 19.9 Å². The van der Waals surface area contributed by atoms with Crippen LogP contribution in [0.5, 0.6) is 11.5 Å². The molecule has 0 fully saturated rings. The van der Waals surface area contributed by atoms with Gasteiger partial charge in [0.1, 0.15) is 0 Å². The maximum atomic E-state index is 5.23. The Morgan fingerprint density at radius 3 is 2.29 bits per heavy atom. The third-order valence-corrected chi connectivity index (χ3v) is 2.43. The zero-order chi connectivity index (χ0) is 10.6. The zero-order valence-electron chi connectivity index (χ0n) is 9.20. The van der Waals surface area contributed by atoms with E-state index in [1.54, 1.807) is 14.2 Å². The number of benzene rings is 1. The molecular weight excluding hydrogens is 176 g/mol. The Labute approximate surface area is 85.8 Å². The van der Waals surface area contributed by atoms with Crippen LogP contribution < -0.4 is 9.47 Å². The van der Waals surface area contributed by atoms with Crippen molar-refractivity contribution in [3.63, 3.8) is 0 Å². The van der Waals surface area contributed by atoms with E-state index in [1.165, 1.54) is 5.56 Å². The SMILES string of the molecule is C[CH]C(C)c1ccc(OC)c(OC)c1. The molecule has 0 amide bonds. The van der Waals surface area contributed by atoms with E-state index in [2.05, 4.69) is 26.3 Å². The summed E-state index contributed by atoms with van der Waals surface area (Å²) >= 11 is 0. The van der Waals surface area contributed by atoms with Crippen LogP contribution in [0.1, 0.15) is 25.3 Å². The van der Waals surface area contributed by atoms with Crippen molar-refractivity contribution in [3.8, 4) is 11.5 Å². The molecule has 0 spiro atoms. The van der Waals surface area contributed by atoms with Crippen LogP contribution in [0.4, 0.5) is 0 Å². The summed E-state index contributed by atoms with van der Waals surface area (Å²) in [6.45, 7) is 4.21. The number of rotatable bonds is 4. The van der Waals surface area contributed by atoms with Crippen LogP contribution in [0.15, 0.2) is 18.2 Å². The lowest BCUT2D eigenvalue weighted by molar-refractivity contribution is 0.354. The van der Waals surface area contributed by atoms with Gasteiger partial charge in [-0.3, -0.25) is 0 Å². The Morgan fingerprint density at radius 2 is 1.79 bits per heavy atom. The average molecular weight is 193 g/mol. The summed E-state index contributed by atoms with van der Waals surface area (Å²) in [6.07, 6.45) is 2.15. The first-order valence-corrected chi connectivity index (χ1v) is 4.74. The highest BCUT2D eigenvalue weighted by Crippen LogP contribution is 2.31. The summed E-state index contributed by atoms with van der Waals surface area (Å²) in [4.78, 5) is 0. The van der Waals surface area contributed by atoms with Gasteiger partial charge >= 0.3 is 0 Å². The first-order valence-electron chi connectivity index (χ1n) is 4.74. The molecule has 0 aliphatic heterocycles. The van der Waals surface area contributed by atoms with E-state index in [9.17, 15) is 0 Å². The molecule has 0 saturated heterocycles. The summed E-state index contributed by atoms with van der Waals surface area (Å²) < 4.78 is 10.4. The molecule has 2 heteroatoms. The Kier molecular flexibility index (Phi) is 3.81. The van der Waals surface area contributed by atoms with Crippen molar-refractivity contribution >= 4 is 0 Å². The van der Waals surface area contributed by atoms with E-state index < -0.39 is 0 Å². The van der Waals surface area contributed by atoms with Gasteiger partial charge in [0.25, 0.3) is 0 Å². The van der Waals surface area contributed by atoms with Crippen molar-refractivity contribution in [2.24, 2.45) is 0 Å². The van der Waals surface area contributed by atoms with Gasteiger partial charge in [0.2, 0.25) is 0 Å². The fourth-order valence-corrected chi connectivity index (χ4v) is 1.33. The molecule has 1 aromatic rings. The largest absolute Gasteiger partial charge is 0.493 e. The molecule has 0 N–H and O–H groups in total. The molecule has 2 nitrogen and oxygen atoms in total. The number of methoxy groups -OCH3 is 2. The van der Waals surface area contributed by atoms with Crippen LogP contribution in [0.25, 0.3) is 0 Å². The lowest BCUT2D eigenvalue weighted by atomic mass is 9.98.